The van der Waals surface area contributed by atoms with Crippen LogP contribution >= 0.6 is 0 Å². The van der Waals surface area contributed by atoms with Crippen LogP contribution in [0.15, 0.2) is 80.3 Å². The summed E-state index contributed by atoms with van der Waals surface area (Å²) in [5.41, 5.74) is 3.49. The molecule has 0 bridgehead atoms. The summed E-state index contributed by atoms with van der Waals surface area (Å²) < 4.78 is 17.4. The van der Waals surface area contributed by atoms with Gasteiger partial charge in [0.15, 0.2) is 12.9 Å². The summed E-state index contributed by atoms with van der Waals surface area (Å²) >= 11 is 0. The lowest BCUT2D eigenvalue weighted by molar-refractivity contribution is -0.726. The summed E-state index contributed by atoms with van der Waals surface area (Å²) in [6.45, 7) is 8.28. The van der Waals surface area contributed by atoms with Crippen molar-refractivity contribution in [1.82, 2.24) is 35.0 Å². The molecule has 4 aromatic heterocycles. The van der Waals surface area contributed by atoms with E-state index >= 15 is 0 Å². The average molecular weight is 554 g/mol. The van der Waals surface area contributed by atoms with Gasteiger partial charge in [0, 0.05) is 55.9 Å². The molecule has 6 rings (SSSR count). The number of aromatic nitrogens is 7. The molecule has 2 N–H and O–H groups in total. The summed E-state index contributed by atoms with van der Waals surface area (Å²) in [5.74, 6) is 0.776. The van der Waals surface area contributed by atoms with E-state index in [1.54, 1.807) is 30.9 Å². The Morgan fingerprint density at radius 2 is 1.78 bits per heavy atom. The topological polar surface area (TPSA) is 111 Å². The minimum Gasteiger partial charge on any atom is -0.351 e. The second-order valence-corrected chi connectivity index (χ2v) is 10.2. The Bertz CT molecular complexity index is 1700. The molecule has 12 heteroatoms. The van der Waals surface area contributed by atoms with Gasteiger partial charge in [0.2, 0.25) is 18.1 Å². The van der Waals surface area contributed by atoms with Crippen molar-refractivity contribution in [2.75, 3.05) is 36.0 Å². The van der Waals surface area contributed by atoms with E-state index in [0.29, 0.717) is 30.2 Å². The van der Waals surface area contributed by atoms with Gasteiger partial charge in [0.1, 0.15) is 17.7 Å². The van der Waals surface area contributed by atoms with Crippen molar-refractivity contribution in [3.63, 3.8) is 0 Å². The van der Waals surface area contributed by atoms with E-state index in [4.69, 9.17) is 0 Å². The molecule has 5 heterocycles. The SMILES string of the molecule is C=CC(=O)N[C@@](C)(c1ccc(F)cc1)c1cnc(N2CCN(c3ncnn4cc(-c5c[nH][n+](C)c5)cc34)CC2)nc1. The lowest BCUT2D eigenvalue weighted by atomic mass is 9.86. The molecule has 1 amide bonds. The van der Waals surface area contributed by atoms with Gasteiger partial charge in [-0.25, -0.2) is 23.9 Å². The van der Waals surface area contributed by atoms with Gasteiger partial charge in [-0.15, -0.1) is 4.68 Å². The summed E-state index contributed by atoms with van der Waals surface area (Å²) in [4.78, 5) is 30.6. The molecule has 0 aliphatic carbocycles. The number of nitrogens with one attached hydrogen (secondary N) is 2. The number of amides is 1. The number of hydrogen-bond donors (Lipinski definition) is 2. The number of anilines is 2. The molecule has 1 aliphatic heterocycles. The van der Waals surface area contributed by atoms with Crippen LogP contribution in [0.2, 0.25) is 0 Å². The highest BCUT2D eigenvalue weighted by Gasteiger charge is 2.32. The Hall–Kier alpha value is -5.13. The van der Waals surface area contributed by atoms with Crippen molar-refractivity contribution in [2.24, 2.45) is 7.05 Å². The zero-order chi connectivity index (χ0) is 28.6. The van der Waals surface area contributed by atoms with Crippen LogP contribution in [-0.2, 0) is 17.4 Å². The van der Waals surface area contributed by atoms with Gasteiger partial charge in [0.05, 0.1) is 17.3 Å². The van der Waals surface area contributed by atoms with Crippen molar-refractivity contribution in [3.05, 3.63) is 97.2 Å². The number of halogens is 1. The largest absolute Gasteiger partial charge is 0.351 e. The van der Waals surface area contributed by atoms with Crippen LogP contribution in [0.5, 0.6) is 0 Å². The Kier molecular flexibility index (Phi) is 6.66. The maximum atomic E-state index is 13.6. The van der Waals surface area contributed by atoms with Gasteiger partial charge in [0.25, 0.3) is 0 Å². The van der Waals surface area contributed by atoms with E-state index in [2.05, 4.69) is 52.9 Å². The molecule has 0 radical (unpaired) electrons. The predicted molar refractivity (Wildman–Crippen MR) is 152 cm³/mol. The molecule has 0 unspecified atom stereocenters. The fraction of sp³-hybridized carbons (Fsp3) is 0.241. The summed E-state index contributed by atoms with van der Waals surface area (Å²) in [6, 6.07) is 8.12. The van der Waals surface area contributed by atoms with E-state index in [-0.39, 0.29) is 11.7 Å². The molecule has 1 saturated heterocycles. The van der Waals surface area contributed by atoms with Crippen LogP contribution < -0.4 is 19.8 Å². The van der Waals surface area contributed by atoms with Crippen LogP contribution in [0.1, 0.15) is 18.1 Å². The molecule has 208 valence electrons. The molecule has 1 aliphatic rings. The highest BCUT2D eigenvalue weighted by Crippen LogP contribution is 2.30. The number of carbonyl (C=O) groups is 1. The summed E-state index contributed by atoms with van der Waals surface area (Å²) in [7, 11) is 1.95. The molecule has 0 saturated carbocycles. The van der Waals surface area contributed by atoms with Crippen LogP contribution in [0, 0.1) is 5.82 Å². The van der Waals surface area contributed by atoms with Crippen LogP contribution in [0.3, 0.4) is 0 Å². The number of benzene rings is 1. The number of nitrogens with zero attached hydrogens (tertiary/aromatic N) is 8. The van der Waals surface area contributed by atoms with Crippen molar-refractivity contribution in [3.8, 4) is 11.1 Å². The fourth-order valence-electron chi connectivity index (χ4n) is 5.18. The average Bonchev–Trinajstić information content (AvgIpc) is 3.64. The zero-order valence-corrected chi connectivity index (χ0v) is 22.8. The molecular weight excluding hydrogens is 523 g/mol. The van der Waals surface area contributed by atoms with Gasteiger partial charge < -0.3 is 15.1 Å². The quantitative estimate of drug-likeness (QED) is 0.235. The Labute approximate surface area is 236 Å². The third-order valence-corrected chi connectivity index (χ3v) is 7.53. The summed E-state index contributed by atoms with van der Waals surface area (Å²) in [6.07, 6.45) is 12.2. The van der Waals surface area contributed by atoms with Crippen molar-refractivity contribution in [1.29, 1.82) is 0 Å². The van der Waals surface area contributed by atoms with Gasteiger partial charge >= 0.3 is 0 Å². The van der Waals surface area contributed by atoms with E-state index in [1.807, 2.05) is 41.8 Å². The van der Waals surface area contributed by atoms with E-state index < -0.39 is 5.54 Å². The van der Waals surface area contributed by atoms with Crippen LogP contribution in [-0.4, -0.2) is 61.8 Å². The Balaban J connectivity index is 1.19. The van der Waals surface area contributed by atoms with Crippen LogP contribution in [0.4, 0.5) is 16.2 Å². The van der Waals surface area contributed by atoms with Gasteiger partial charge in [-0.3, -0.25) is 4.79 Å². The molecule has 0 spiro atoms. The highest BCUT2D eigenvalue weighted by atomic mass is 19.1. The van der Waals surface area contributed by atoms with E-state index in [0.717, 1.165) is 35.6 Å². The fourth-order valence-corrected chi connectivity index (χ4v) is 5.18. The monoisotopic (exact) mass is 553 g/mol. The molecule has 1 aromatic carbocycles. The third-order valence-electron chi connectivity index (χ3n) is 7.53. The number of aryl methyl sites for hydroxylation is 1. The number of aromatic amines is 1. The lowest BCUT2D eigenvalue weighted by Gasteiger charge is -2.36. The molecular formula is C29H30FN10O+. The van der Waals surface area contributed by atoms with Crippen molar-refractivity contribution < 1.29 is 13.9 Å². The Morgan fingerprint density at radius 3 is 2.44 bits per heavy atom. The maximum absolute atomic E-state index is 13.6. The second-order valence-electron chi connectivity index (χ2n) is 10.2. The first-order chi connectivity index (χ1) is 19.8. The predicted octanol–water partition coefficient (Wildman–Crippen LogP) is 2.37. The van der Waals surface area contributed by atoms with E-state index in [1.165, 1.54) is 18.2 Å². The van der Waals surface area contributed by atoms with Gasteiger partial charge in [-0.1, -0.05) is 18.7 Å². The number of H-pyrrole nitrogens is 1. The second kappa shape index (κ2) is 10.5. The number of piperazine rings is 1. The van der Waals surface area contributed by atoms with Crippen molar-refractivity contribution >= 4 is 23.2 Å². The molecule has 41 heavy (non-hydrogen) atoms. The number of fused-ring (bicyclic) bond motifs is 1. The minimum absolute atomic E-state index is 0.354. The zero-order valence-electron chi connectivity index (χ0n) is 22.8. The highest BCUT2D eigenvalue weighted by molar-refractivity contribution is 5.88. The Morgan fingerprint density at radius 1 is 1.07 bits per heavy atom. The standard InChI is InChI=1S/C29H29FN10O/c1-4-26(41)36-29(2,22-5-7-24(30)8-6-22)23-15-31-28(32-16-23)39-11-9-38(10-12-39)27-25-13-20(18-40(25)35-19-33-27)21-14-34-37(3)17-21/h4-8,13-19H,1,9-12H2,2-3H3,(H,36,41)/p+1/t29-/m0/s1. The number of carbonyl (C=O) groups excluding carboxylic acids is 1. The number of hydrogen-bond acceptors (Lipinski definition) is 7. The first kappa shape index (κ1) is 26.1. The number of rotatable bonds is 7. The third kappa shape index (κ3) is 4.99. The molecule has 5 aromatic rings. The van der Waals surface area contributed by atoms with Gasteiger partial charge in [-0.05, 0) is 36.8 Å². The first-order valence-corrected chi connectivity index (χ1v) is 13.2. The molecule has 1 fully saturated rings. The first-order valence-electron chi connectivity index (χ1n) is 13.2. The molecule has 11 nitrogen and oxygen atoms in total. The maximum Gasteiger partial charge on any atom is 0.244 e. The van der Waals surface area contributed by atoms with Gasteiger partial charge in [-0.2, -0.15) is 10.2 Å². The summed E-state index contributed by atoms with van der Waals surface area (Å²) in [5, 5.41) is 10.5. The lowest BCUT2D eigenvalue weighted by Crippen LogP contribution is -2.47. The normalized spacial score (nSPS) is 15.1. The van der Waals surface area contributed by atoms with Crippen molar-refractivity contribution in [2.45, 2.75) is 12.5 Å². The molecule has 1 atom stereocenters. The van der Waals surface area contributed by atoms with Crippen LogP contribution in [0.25, 0.3) is 16.6 Å². The smallest absolute Gasteiger partial charge is 0.244 e. The minimum atomic E-state index is -0.970. The van der Waals surface area contributed by atoms with E-state index in [9.17, 15) is 9.18 Å².